The Hall–Kier alpha value is -2.77. The molecule has 0 bridgehead atoms. The van der Waals surface area contributed by atoms with Gasteiger partial charge in [-0.25, -0.2) is 0 Å². The zero-order valence-electron chi connectivity index (χ0n) is 10.3. The van der Waals surface area contributed by atoms with E-state index in [0.717, 1.165) is 6.07 Å². The molecule has 0 aliphatic carbocycles. The molecule has 2 rings (SSSR count). The number of anilines is 1. The summed E-state index contributed by atoms with van der Waals surface area (Å²) in [5.74, 6) is -0.881. The number of benzene rings is 1. The highest BCUT2D eigenvalue weighted by Gasteiger charge is 2.28. The second kappa shape index (κ2) is 5.47. The van der Waals surface area contributed by atoms with Gasteiger partial charge in [-0.1, -0.05) is 0 Å². The van der Waals surface area contributed by atoms with Crippen LogP contribution in [0.25, 0.3) is 0 Å². The second-order valence-electron chi connectivity index (χ2n) is 4.30. The number of nitrogens with zero attached hydrogens (tertiary/aromatic N) is 1. The SMILES string of the molecule is O=Cc1ccc(NC2CCC(=O)NC2=O)c([N+](=O)[O-])c1. The van der Waals surface area contributed by atoms with E-state index in [1.807, 2.05) is 0 Å². The van der Waals surface area contributed by atoms with Crippen LogP contribution in [0.5, 0.6) is 0 Å². The van der Waals surface area contributed by atoms with Crippen LogP contribution in [-0.2, 0) is 9.59 Å². The molecule has 20 heavy (non-hydrogen) atoms. The topological polar surface area (TPSA) is 118 Å². The van der Waals surface area contributed by atoms with E-state index < -0.39 is 16.9 Å². The van der Waals surface area contributed by atoms with Crippen molar-refractivity contribution in [2.24, 2.45) is 0 Å². The summed E-state index contributed by atoms with van der Waals surface area (Å²) in [6.45, 7) is 0. The summed E-state index contributed by atoms with van der Waals surface area (Å²) in [5.41, 5.74) is 0.0138. The first-order valence-corrected chi connectivity index (χ1v) is 5.85. The van der Waals surface area contributed by atoms with Gasteiger partial charge in [0.15, 0.2) is 0 Å². The molecule has 1 heterocycles. The molecule has 1 fully saturated rings. The van der Waals surface area contributed by atoms with Gasteiger partial charge in [0, 0.05) is 18.1 Å². The average Bonchev–Trinajstić information content (AvgIpc) is 2.42. The number of aldehydes is 1. The van der Waals surface area contributed by atoms with E-state index in [4.69, 9.17) is 0 Å². The Morgan fingerprint density at radius 3 is 2.75 bits per heavy atom. The van der Waals surface area contributed by atoms with E-state index in [1.54, 1.807) is 0 Å². The Balaban J connectivity index is 2.24. The first-order valence-electron chi connectivity index (χ1n) is 5.85. The molecule has 1 aliphatic rings. The Morgan fingerprint density at radius 2 is 2.15 bits per heavy atom. The molecule has 104 valence electrons. The number of carbonyl (C=O) groups excluding carboxylic acids is 3. The van der Waals surface area contributed by atoms with Crippen LogP contribution < -0.4 is 10.6 Å². The standard InChI is InChI=1S/C12H11N3O5/c16-6-7-1-2-8(10(5-7)15(19)20)13-9-3-4-11(17)14-12(9)18/h1-2,5-6,9,13H,3-4H2,(H,14,17,18). The summed E-state index contributed by atoms with van der Waals surface area (Å²) in [4.78, 5) is 43.6. The molecule has 2 amide bonds. The van der Waals surface area contributed by atoms with Crippen molar-refractivity contribution < 1.29 is 19.3 Å². The third kappa shape index (κ3) is 2.79. The largest absolute Gasteiger partial charge is 0.368 e. The molecular weight excluding hydrogens is 266 g/mol. The van der Waals surface area contributed by atoms with E-state index in [9.17, 15) is 24.5 Å². The number of nitro benzene ring substituents is 1. The van der Waals surface area contributed by atoms with Crippen molar-refractivity contribution in [3.05, 3.63) is 33.9 Å². The van der Waals surface area contributed by atoms with Gasteiger partial charge in [-0.15, -0.1) is 0 Å². The third-order valence-electron chi connectivity index (χ3n) is 2.92. The fourth-order valence-electron chi connectivity index (χ4n) is 1.91. The van der Waals surface area contributed by atoms with E-state index in [0.29, 0.717) is 6.29 Å². The van der Waals surface area contributed by atoms with Crippen LogP contribution in [0.1, 0.15) is 23.2 Å². The molecule has 1 aliphatic heterocycles. The predicted molar refractivity (Wildman–Crippen MR) is 68.3 cm³/mol. The fourth-order valence-corrected chi connectivity index (χ4v) is 1.91. The van der Waals surface area contributed by atoms with Gasteiger partial charge in [0.25, 0.3) is 5.69 Å². The van der Waals surface area contributed by atoms with Gasteiger partial charge in [0.2, 0.25) is 11.8 Å². The van der Waals surface area contributed by atoms with E-state index in [1.165, 1.54) is 12.1 Å². The van der Waals surface area contributed by atoms with Gasteiger partial charge in [-0.05, 0) is 18.6 Å². The Bertz CT molecular complexity index is 599. The Kier molecular flexibility index (Phi) is 3.74. The fraction of sp³-hybridized carbons (Fsp3) is 0.250. The summed E-state index contributed by atoms with van der Waals surface area (Å²) in [6.07, 6.45) is 0.934. The number of amides is 2. The number of hydrogen-bond acceptors (Lipinski definition) is 6. The number of hydrogen-bond donors (Lipinski definition) is 2. The highest BCUT2D eigenvalue weighted by atomic mass is 16.6. The van der Waals surface area contributed by atoms with Crippen molar-refractivity contribution in [3.63, 3.8) is 0 Å². The van der Waals surface area contributed by atoms with Crippen LogP contribution in [0.15, 0.2) is 18.2 Å². The Labute approximate surface area is 113 Å². The third-order valence-corrected chi connectivity index (χ3v) is 2.92. The smallest absolute Gasteiger partial charge is 0.293 e. The molecule has 0 saturated carbocycles. The average molecular weight is 277 g/mol. The van der Waals surface area contributed by atoms with Crippen LogP contribution in [0, 0.1) is 10.1 Å². The highest BCUT2D eigenvalue weighted by molar-refractivity contribution is 6.01. The minimum absolute atomic E-state index is 0.134. The van der Waals surface area contributed by atoms with Gasteiger partial charge >= 0.3 is 0 Å². The molecule has 0 aromatic heterocycles. The maximum atomic E-state index is 11.6. The van der Waals surface area contributed by atoms with Gasteiger partial charge in [-0.3, -0.25) is 29.8 Å². The highest BCUT2D eigenvalue weighted by Crippen LogP contribution is 2.26. The number of nitrogens with one attached hydrogen (secondary N) is 2. The van der Waals surface area contributed by atoms with Crippen molar-refractivity contribution in [3.8, 4) is 0 Å². The monoisotopic (exact) mass is 277 g/mol. The van der Waals surface area contributed by atoms with Crippen LogP contribution in [0.2, 0.25) is 0 Å². The summed E-state index contributed by atoms with van der Waals surface area (Å²) >= 11 is 0. The number of nitro groups is 1. The van der Waals surface area contributed by atoms with Gasteiger partial charge in [0.05, 0.1) is 4.92 Å². The number of imide groups is 1. The van der Waals surface area contributed by atoms with Crippen molar-refractivity contribution >= 4 is 29.5 Å². The number of rotatable bonds is 4. The van der Waals surface area contributed by atoms with E-state index >= 15 is 0 Å². The van der Waals surface area contributed by atoms with E-state index in [-0.39, 0.29) is 35.7 Å². The lowest BCUT2D eigenvalue weighted by molar-refractivity contribution is -0.384. The van der Waals surface area contributed by atoms with E-state index in [2.05, 4.69) is 10.6 Å². The summed E-state index contributed by atoms with van der Waals surface area (Å²) in [7, 11) is 0. The predicted octanol–water partition coefficient (Wildman–Crippen LogP) is 0.624. The van der Waals surface area contributed by atoms with Crippen molar-refractivity contribution in [1.29, 1.82) is 0 Å². The molecule has 2 N–H and O–H groups in total. The first-order chi connectivity index (χ1) is 9.51. The maximum absolute atomic E-state index is 11.6. The van der Waals surface area contributed by atoms with Crippen LogP contribution in [0.4, 0.5) is 11.4 Å². The Morgan fingerprint density at radius 1 is 1.40 bits per heavy atom. The lowest BCUT2D eigenvalue weighted by atomic mass is 10.1. The first kappa shape index (κ1) is 13.7. The van der Waals surface area contributed by atoms with Gasteiger partial charge in [0.1, 0.15) is 18.0 Å². The zero-order valence-corrected chi connectivity index (χ0v) is 10.3. The minimum atomic E-state index is -0.714. The molecule has 0 radical (unpaired) electrons. The van der Waals surface area contributed by atoms with Crippen LogP contribution in [0.3, 0.4) is 0 Å². The lowest BCUT2D eigenvalue weighted by Gasteiger charge is -2.22. The lowest BCUT2D eigenvalue weighted by Crippen LogP contribution is -2.47. The molecule has 1 aromatic carbocycles. The zero-order chi connectivity index (χ0) is 14.7. The van der Waals surface area contributed by atoms with Gasteiger partial charge in [-0.2, -0.15) is 0 Å². The molecule has 8 nitrogen and oxygen atoms in total. The molecule has 1 unspecified atom stereocenters. The second-order valence-corrected chi connectivity index (χ2v) is 4.30. The summed E-state index contributed by atoms with van der Waals surface area (Å²) in [5, 5.41) is 15.8. The normalized spacial score (nSPS) is 18.3. The van der Waals surface area contributed by atoms with Crippen LogP contribution >= 0.6 is 0 Å². The molecule has 0 spiro atoms. The van der Waals surface area contributed by atoms with Gasteiger partial charge < -0.3 is 5.32 Å². The molecule has 1 aromatic rings. The number of carbonyl (C=O) groups is 3. The number of piperidine rings is 1. The summed E-state index contributed by atoms with van der Waals surface area (Å²) in [6, 6.07) is 3.19. The molecule has 1 atom stereocenters. The minimum Gasteiger partial charge on any atom is -0.368 e. The van der Waals surface area contributed by atoms with Crippen LogP contribution in [-0.4, -0.2) is 29.1 Å². The maximum Gasteiger partial charge on any atom is 0.293 e. The quantitative estimate of drug-likeness (QED) is 0.360. The molecule has 8 heteroatoms. The molecular formula is C12H11N3O5. The summed E-state index contributed by atoms with van der Waals surface area (Å²) < 4.78 is 0. The van der Waals surface area contributed by atoms with Crippen molar-refractivity contribution in [2.45, 2.75) is 18.9 Å². The molecule has 1 saturated heterocycles. The van der Waals surface area contributed by atoms with Crippen molar-refractivity contribution in [2.75, 3.05) is 5.32 Å². The van der Waals surface area contributed by atoms with Crippen molar-refractivity contribution in [1.82, 2.24) is 5.32 Å².